The summed E-state index contributed by atoms with van der Waals surface area (Å²) in [6.07, 6.45) is 1.14. The molecule has 1 aromatic rings. The van der Waals surface area contributed by atoms with Crippen LogP contribution in [-0.4, -0.2) is 40.3 Å². The van der Waals surface area contributed by atoms with Crippen molar-refractivity contribution in [3.63, 3.8) is 0 Å². The number of aliphatic imine (C=N–C) groups is 1. The van der Waals surface area contributed by atoms with Gasteiger partial charge in [0.15, 0.2) is 5.96 Å². The van der Waals surface area contributed by atoms with E-state index in [1.54, 1.807) is 11.3 Å². The zero-order chi connectivity index (χ0) is 15.0. The number of nitrogens with one attached hydrogen (secondary N) is 3. The molecular formula is C12H22N4O2S2. The zero-order valence-corrected chi connectivity index (χ0v) is 13.7. The smallest absolute Gasteiger partial charge is 0.208 e. The maximum Gasteiger partial charge on any atom is 0.208 e. The van der Waals surface area contributed by atoms with E-state index in [9.17, 15) is 8.42 Å². The average molecular weight is 318 g/mol. The minimum atomic E-state index is -3.14. The SMILES string of the molecule is CCNC(=NCc1ccc(C)s1)NCCNS(C)(=O)=O. The van der Waals surface area contributed by atoms with E-state index in [0.717, 1.165) is 12.8 Å². The van der Waals surface area contributed by atoms with E-state index in [2.05, 4.69) is 39.4 Å². The van der Waals surface area contributed by atoms with Crippen LogP contribution in [-0.2, 0) is 16.6 Å². The van der Waals surface area contributed by atoms with E-state index >= 15 is 0 Å². The van der Waals surface area contributed by atoms with Crippen LogP contribution in [0.4, 0.5) is 0 Å². The Kier molecular flexibility index (Phi) is 6.97. The number of aryl methyl sites for hydroxylation is 1. The third-order valence-corrected chi connectivity index (χ3v) is 4.03. The normalized spacial score (nSPS) is 12.4. The van der Waals surface area contributed by atoms with E-state index in [4.69, 9.17) is 0 Å². The maximum atomic E-state index is 10.9. The molecule has 3 N–H and O–H groups in total. The lowest BCUT2D eigenvalue weighted by atomic mass is 10.4. The van der Waals surface area contributed by atoms with Gasteiger partial charge in [0, 0.05) is 29.4 Å². The molecule has 8 heteroatoms. The summed E-state index contributed by atoms with van der Waals surface area (Å²) in [6, 6.07) is 4.14. The topological polar surface area (TPSA) is 82.6 Å². The quantitative estimate of drug-likeness (QED) is 0.392. The second-order valence-corrected chi connectivity index (χ2v) is 7.51. The average Bonchev–Trinajstić information content (AvgIpc) is 2.76. The fourth-order valence-electron chi connectivity index (χ4n) is 1.49. The number of hydrogen-bond acceptors (Lipinski definition) is 4. The van der Waals surface area contributed by atoms with Crippen LogP contribution in [0.2, 0.25) is 0 Å². The highest BCUT2D eigenvalue weighted by Crippen LogP contribution is 2.15. The lowest BCUT2D eigenvalue weighted by molar-refractivity contribution is 0.586. The first-order valence-electron chi connectivity index (χ1n) is 6.43. The Bertz CT molecular complexity index is 537. The third kappa shape index (κ3) is 7.46. The summed E-state index contributed by atoms with van der Waals surface area (Å²) in [7, 11) is -3.14. The van der Waals surface area contributed by atoms with Crippen LogP contribution in [0, 0.1) is 6.92 Å². The minimum Gasteiger partial charge on any atom is -0.357 e. The Balaban J connectivity index is 2.42. The summed E-state index contributed by atoms with van der Waals surface area (Å²) in [4.78, 5) is 6.93. The van der Waals surface area contributed by atoms with E-state index in [1.165, 1.54) is 9.75 Å². The third-order valence-electron chi connectivity index (χ3n) is 2.31. The molecule has 0 saturated carbocycles. The van der Waals surface area contributed by atoms with Crippen LogP contribution < -0.4 is 15.4 Å². The molecule has 1 rings (SSSR count). The molecule has 0 amide bonds. The van der Waals surface area contributed by atoms with Crippen molar-refractivity contribution in [3.8, 4) is 0 Å². The predicted octanol–water partition coefficient (Wildman–Crippen LogP) is 0.661. The van der Waals surface area contributed by atoms with Gasteiger partial charge < -0.3 is 10.6 Å². The number of thiophene rings is 1. The maximum absolute atomic E-state index is 10.9. The molecule has 0 aliphatic carbocycles. The van der Waals surface area contributed by atoms with Gasteiger partial charge in [0.25, 0.3) is 0 Å². The molecule has 0 aromatic carbocycles. The molecule has 0 bridgehead atoms. The van der Waals surface area contributed by atoms with E-state index < -0.39 is 10.0 Å². The predicted molar refractivity (Wildman–Crippen MR) is 84.7 cm³/mol. The molecule has 6 nitrogen and oxygen atoms in total. The number of nitrogens with zero attached hydrogens (tertiary/aromatic N) is 1. The van der Waals surface area contributed by atoms with Crippen molar-refractivity contribution in [2.75, 3.05) is 25.9 Å². The largest absolute Gasteiger partial charge is 0.357 e. The summed E-state index contributed by atoms with van der Waals surface area (Å²) in [5.41, 5.74) is 0. The van der Waals surface area contributed by atoms with Crippen LogP contribution in [0.15, 0.2) is 17.1 Å². The van der Waals surface area contributed by atoms with Crippen LogP contribution >= 0.6 is 11.3 Å². The Morgan fingerprint density at radius 1 is 1.30 bits per heavy atom. The monoisotopic (exact) mass is 318 g/mol. The molecule has 114 valence electrons. The zero-order valence-electron chi connectivity index (χ0n) is 12.1. The molecule has 0 aliphatic heterocycles. The van der Waals surface area contributed by atoms with Crippen molar-refractivity contribution in [2.45, 2.75) is 20.4 Å². The standard InChI is InChI=1S/C12H22N4O2S2/c1-4-13-12(14-7-8-16-20(3,17)18)15-9-11-6-5-10(2)19-11/h5-6,16H,4,7-9H2,1-3H3,(H2,13,14,15). The molecule has 1 heterocycles. The van der Waals surface area contributed by atoms with Gasteiger partial charge in [0.05, 0.1) is 12.8 Å². The van der Waals surface area contributed by atoms with Crippen molar-refractivity contribution in [1.82, 2.24) is 15.4 Å². The van der Waals surface area contributed by atoms with Gasteiger partial charge >= 0.3 is 0 Å². The second kappa shape index (κ2) is 8.23. The Labute approximate surface area is 124 Å². The van der Waals surface area contributed by atoms with E-state index in [-0.39, 0.29) is 0 Å². The van der Waals surface area contributed by atoms with E-state index in [1.807, 2.05) is 6.92 Å². The Morgan fingerprint density at radius 3 is 2.60 bits per heavy atom. The minimum absolute atomic E-state index is 0.335. The fraction of sp³-hybridized carbons (Fsp3) is 0.583. The van der Waals surface area contributed by atoms with Gasteiger partial charge in [-0.3, -0.25) is 0 Å². The summed E-state index contributed by atoms with van der Waals surface area (Å²) in [6.45, 7) is 6.26. The van der Waals surface area contributed by atoms with Crippen molar-refractivity contribution in [2.24, 2.45) is 4.99 Å². The molecule has 0 fully saturated rings. The Morgan fingerprint density at radius 2 is 2.05 bits per heavy atom. The number of rotatable bonds is 7. The van der Waals surface area contributed by atoms with Crippen LogP contribution in [0.25, 0.3) is 0 Å². The van der Waals surface area contributed by atoms with E-state index in [0.29, 0.717) is 25.6 Å². The highest BCUT2D eigenvalue weighted by atomic mass is 32.2. The van der Waals surface area contributed by atoms with Crippen molar-refractivity contribution < 1.29 is 8.42 Å². The van der Waals surface area contributed by atoms with Gasteiger partial charge in [-0.1, -0.05) is 0 Å². The molecule has 0 unspecified atom stereocenters. The van der Waals surface area contributed by atoms with Crippen molar-refractivity contribution >= 4 is 27.3 Å². The van der Waals surface area contributed by atoms with Crippen molar-refractivity contribution in [1.29, 1.82) is 0 Å². The molecule has 0 aliphatic rings. The van der Waals surface area contributed by atoms with Gasteiger partial charge in [-0.25, -0.2) is 18.1 Å². The first-order valence-corrected chi connectivity index (χ1v) is 9.13. The first kappa shape index (κ1) is 16.9. The second-order valence-electron chi connectivity index (χ2n) is 4.30. The highest BCUT2D eigenvalue weighted by molar-refractivity contribution is 7.88. The molecule has 1 aromatic heterocycles. The summed E-state index contributed by atoms with van der Waals surface area (Å²) in [5, 5.41) is 6.21. The van der Waals surface area contributed by atoms with Crippen LogP contribution in [0.3, 0.4) is 0 Å². The lowest BCUT2D eigenvalue weighted by Crippen LogP contribution is -2.41. The Hall–Kier alpha value is -1.12. The van der Waals surface area contributed by atoms with Gasteiger partial charge in [0.1, 0.15) is 0 Å². The highest BCUT2D eigenvalue weighted by Gasteiger charge is 2.01. The van der Waals surface area contributed by atoms with Gasteiger partial charge in [0.2, 0.25) is 10.0 Å². The fourth-order valence-corrected chi connectivity index (χ4v) is 2.77. The van der Waals surface area contributed by atoms with Crippen molar-refractivity contribution in [3.05, 3.63) is 21.9 Å². The lowest BCUT2D eigenvalue weighted by Gasteiger charge is -2.11. The molecule has 0 radical (unpaired) electrons. The van der Waals surface area contributed by atoms with Gasteiger partial charge in [-0.05, 0) is 26.0 Å². The van der Waals surface area contributed by atoms with Crippen LogP contribution in [0.1, 0.15) is 16.7 Å². The molecule has 0 spiro atoms. The first-order chi connectivity index (χ1) is 9.40. The van der Waals surface area contributed by atoms with Crippen LogP contribution in [0.5, 0.6) is 0 Å². The summed E-state index contributed by atoms with van der Waals surface area (Å²) >= 11 is 1.73. The van der Waals surface area contributed by atoms with Gasteiger partial charge in [-0.15, -0.1) is 11.3 Å². The number of sulfonamides is 1. The number of hydrogen-bond donors (Lipinski definition) is 3. The number of guanidine groups is 1. The summed E-state index contributed by atoms with van der Waals surface area (Å²) < 4.78 is 24.3. The summed E-state index contributed by atoms with van der Waals surface area (Å²) in [5.74, 6) is 0.689. The molecule has 0 saturated heterocycles. The molecule has 0 atom stereocenters. The van der Waals surface area contributed by atoms with Gasteiger partial charge in [-0.2, -0.15) is 0 Å². The molecular weight excluding hydrogens is 296 g/mol. The molecule has 20 heavy (non-hydrogen) atoms.